The van der Waals surface area contributed by atoms with E-state index in [9.17, 15) is 0 Å². The lowest BCUT2D eigenvalue weighted by Gasteiger charge is -2.18. The van der Waals surface area contributed by atoms with Crippen molar-refractivity contribution in [3.8, 4) is 0 Å². The first kappa shape index (κ1) is 15.6. The van der Waals surface area contributed by atoms with Crippen molar-refractivity contribution in [2.24, 2.45) is 7.05 Å². The van der Waals surface area contributed by atoms with Crippen molar-refractivity contribution in [1.82, 2.24) is 9.78 Å². The van der Waals surface area contributed by atoms with Crippen molar-refractivity contribution >= 4 is 11.4 Å². The minimum Gasteiger partial charge on any atom is -0.375 e. The largest absolute Gasteiger partial charge is 0.375 e. The van der Waals surface area contributed by atoms with Gasteiger partial charge >= 0.3 is 0 Å². The van der Waals surface area contributed by atoms with Gasteiger partial charge in [0.15, 0.2) is 0 Å². The van der Waals surface area contributed by atoms with Gasteiger partial charge < -0.3 is 10.1 Å². The fraction of sp³-hybridized carbons (Fsp3) is 0.471. The SMILES string of the molecule is CC[C@H](OC)c1c(Nc2c(C)cccc2C)c(C)nn1C. The van der Waals surface area contributed by atoms with Gasteiger partial charge in [0.05, 0.1) is 17.1 Å². The minimum atomic E-state index is 0.0445. The number of anilines is 2. The molecule has 1 atom stereocenters. The van der Waals surface area contributed by atoms with Crippen LogP contribution < -0.4 is 5.32 Å². The zero-order chi connectivity index (χ0) is 15.6. The maximum Gasteiger partial charge on any atom is 0.101 e. The Morgan fingerprint density at radius 2 is 1.81 bits per heavy atom. The fourth-order valence-corrected chi connectivity index (χ4v) is 2.81. The van der Waals surface area contributed by atoms with E-state index >= 15 is 0 Å². The lowest BCUT2D eigenvalue weighted by Crippen LogP contribution is -2.09. The number of benzene rings is 1. The summed E-state index contributed by atoms with van der Waals surface area (Å²) in [6.07, 6.45) is 0.958. The molecule has 0 unspecified atom stereocenters. The van der Waals surface area contributed by atoms with E-state index in [0.29, 0.717) is 0 Å². The maximum atomic E-state index is 5.62. The van der Waals surface area contributed by atoms with Gasteiger partial charge in [-0.15, -0.1) is 0 Å². The molecular weight excluding hydrogens is 262 g/mol. The lowest BCUT2D eigenvalue weighted by molar-refractivity contribution is 0.0937. The average molecular weight is 287 g/mol. The number of nitrogens with one attached hydrogen (secondary N) is 1. The molecule has 0 fully saturated rings. The summed E-state index contributed by atoms with van der Waals surface area (Å²) in [6.45, 7) is 8.39. The molecule has 1 aromatic heterocycles. The summed E-state index contributed by atoms with van der Waals surface area (Å²) in [6, 6.07) is 6.32. The summed E-state index contributed by atoms with van der Waals surface area (Å²) in [5, 5.41) is 8.14. The molecule has 0 spiro atoms. The predicted octanol–water partition coefficient (Wildman–Crippen LogP) is 4.19. The Bertz CT molecular complexity index is 607. The molecule has 4 heteroatoms. The first-order valence-electron chi connectivity index (χ1n) is 7.39. The third-order valence-corrected chi connectivity index (χ3v) is 3.96. The van der Waals surface area contributed by atoms with Crippen LogP contribution in [0.1, 0.15) is 42.0 Å². The highest BCUT2D eigenvalue weighted by atomic mass is 16.5. The number of hydrogen-bond acceptors (Lipinski definition) is 3. The number of methoxy groups -OCH3 is 1. The van der Waals surface area contributed by atoms with Gasteiger partial charge in [-0.3, -0.25) is 4.68 Å². The second-order valence-corrected chi connectivity index (χ2v) is 5.49. The summed E-state index contributed by atoms with van der Waals surface area (Å²) >= 11 is 0. The molecule has 2 rings (SSSR count). The summed E-state index contributed by atoms with van der Waals surface area (Å²) in [5.41, 5.74) is 6.76. The molecule has 0 radical (unpaired) electrons. The van der Waals surface area contributed by atoms with Crippen LogP contribution in [0.3, 0.4) is 0 Å². The molecular formula is C17H25N3O. The summed E-state index contributed by atoms with van der Waals surface area (Å²) in [4.78, 5) is 0. The number of aromatic nitrogens is 2. The van der Waals surface area contributed by atoms with E-state index in [1.54, 1.807) is 7.11 Å². The highest BCUT2D eigenvalue weighted by Crippen LogP contribution is 2.34. The molecule has 1 heterocycles. The van der Waals surface area contributed by atoms with E-state index in [1.807, 2.05) is 18.7 Å². The van der Waals surface area contributed by atoms with Gasteiger partial charge in [0.2, 0.25) is 0 Å². The number of hydrogen-bond donors (Lipinski definition) is 1. The van der Waals surface area contributed by atoms with Crippen molar-refractivity contribution in [2.75, 3.05) is 12.4 Å². The molecule has 114 valence electrons. The molecule has 0 amide bonds. The van der Waals surface area contributed by atoms with E-state index in [0.717, 1.165) is 29.2 Å². The van der Waals surface area contributed by atoms with Crippen molar-refractivity contribution < 1.29 is 4.74 Å². The summed E-state index contributed by atoms with van der Waals surface area (Å²) in [5.74, 6) is 0. The van der Waals surface area contributed by atoms with Crippen molar-refractivity contribution in [3.63, 3.8) is 0 Å². The Kier molecular flexibility index (Phi) is 4.68. The van der Waals surface area contributed by atoms with Crippen LogP contribution in [0.5, 0.6) is 0 Å². The normalized spacial score (nSPS) is 12.5. The molecule has 0 saturated carbocycles. The van der Waals surface area contributed by atoms with Crippen LogP contribution in [0.25, 0.3) is 0 Å². The van der Waals surface area contributed by atoms with Crippen LogP contribution in [0.15, 0.2) is 18.2 Å². The van der Waals surface area contributed by atoms with Gasteiger partial charge in [0, 0.05) is 19.8 Å². The fourth-order valence-electron chi connectivity index (χ4n) is 2.81. The van der Waals surface area contributed by atoms with Crippen molar-refractivity contribution in [2.45, 2.75) is 40.2 Å². The van der Waals surface area contributed by atoms with Gasteiger partial charge in [-0.2, -0.15) is 5.10 Å². The number of nitrogens with zero attached hydrogens (tertiary/aromatic N) is 2. The van der Waals surface area contributed by atoms with Gasteiger partial charge in [0.25, 0.3) is 0 Å². The number of ether oxygens (including phenoxy) is 1. The van der Waals surface area contributed by atoms with Crippen LogP contribution in [0.4, 0.5) is 11.4 Å². The summed E-state index contributed by atoms with van der Waals surface area (Å²) in [7, 11) is 3.72. The third kappa shape index (κ3) is 2.95. The molecule has 4 nitrogen and oxygen atoms in total. The zero-order valence-electron chi connectivity index (χ0n) is 13.8. The van der Waals surface area contributed by atoms with Crippen molar-refractivity contribution in [3.05, 3.63) is 40.7 Å². The van der Waals surface area contributed by atoms with Gasteiger partial charge in [0.1, 0.15) is 6.10 Å². The van der Waals surface area contributed by atoms with Crippen LogP contribution in [0.2, 0.25) is 0 Å². The molecule has 1 N–H and O–H groups in total. The Hall–Kier alpha value is -1.81. The molecule has 0 bridgehead atoms. The second-order valence-electron chi connectivity index (χ2n) is 5.49. The molecule has 0 aliphatic carbocycles. The second kappa shape index (κ2) is 6.31. The topological polar surface area (TPSA) is 39.1 Å². The Labute approximate surface area is 127 Å². The molecule has 21 heavy (non-hydrogen) atoms. The first-order valence-corrected chi connectivity index (χ1v) is 7.39. The number of para-hydroxylation sites is 1. The quantitative estimate of drug-likeness (QED) is 0.896. The molecule has 2 aromatic rings. The van der Waals surface area contributed by atoms with Crippen LogP contribution in [0, 0.1) is 20.8 Å². The number of aryl methyl sites for hydroxylation is 4. The predicted molar refractivity (Wildman–Crippen MR) is 87.2 cm³/mol. The average Bonchev–Trinajstić information content (AvgIpc) is 2.71. The Balaban J connectivity index is 2.49. The van der Waals surface area contributed by atoms with Crippen LogP contribution in [-0.4, -0.2) is 16.9 Å². The highest BCUT2D eigenvalue weighted by molar-refractivity contribution is 5.70. The van der Waals surface area contributed by atoms with E-state index in [-0.39, 0.29) is 6.10 Å². The zero-order valence-corrected chi connectivity index (χ0v) is 13.8. The molecule has 0 aliphatic rings. The van der Waals surface area contributed by atoms with E-state index in [1.165, 1.54) is 11.1 Å². The third-order valence-electron chi connectivity index (χ3n) is 3.96. The van der Waals surface area contributed by atoms with Crippen LogP contribution >= 0.6 is 0 Å². The Morgan fingerprint density at radius 1 is 1.19 bits per heavy atom. The van der Waals surface area contributed by atoms with Gasteiger partial charge in [-0.05, 0) is 38.3 Å². The number of rotatable bonds is 5. The van der Waals surface area contributed by atoms with Gasteiger partial charge in [-0.25, -0.2) is 0 Å². The van der Waals surface area contributed by atoms with E-state index < -0.39 is 0 Å². The lowest BCUT2D eigenvalue weighted by atomic mass is 10.1. The first-order chi connectivity index (χ1) is 9.99. The molecule has 0 aliphatic heterocycles. The summed E-state index contributed by atoms with van der Waals surface area (Å²) < 4.78 is 7.54. The molecule has 0 saturated heterocycles. The Morgan fingerprint density at radius 3 is 2.33 bits per heavy atom. The molecule has 1 aromatic carbocycles. The maximum absolute atomic E-state index is 5.62. The highest BCUT2D eigenvalue weighted by Gasteiger charge is 2.21. The van der Waals surface area contributed by atoms with Gasteiger partial charge in [-0.1, -0.05) is 25.1 Å². The van der Waals surface area contributed by atoms with E-state index in [2.05, 4.69) is 49.4 Å². The van der Waals surface area contributed by atoms with Crippen molar-refractivity contribution in [1.29, 1.82) is 0 Å². The smallest absolute Gasteiger partial charge is 0.101 e. The van der Waals surface area contributed by atoms with E-state index in [4.69, 9.17) is 4.74 Å². The van der Waals surface area contributed by atoms with Crippen LogP contribution in [-0.2, 0) is 11.8 Å². The monoisotopic (exact) mass is 287 g/mol. The standard InChI is InChI=1S/C17H25N3O/c1-7-14(21-6)17-16(13(4)19-20(17)5)18-15-11(2)9-8-10-12(15)3/h8-10,14,18H,7H2,1-6H3/t14-/m0/s1. The minimum absolute atomic E-state index is 0.0445.